The van der Waals surface area contributed by atoms with Gasteiger partial charge in [0.05, 0.1) is 5.92 Å². The molecule has 1 aliphatic rings. The van der Waals surface area contributed by atoms with Crippen molar-refractivity contribution < 1.29 is 9.53 Å². The number of benzene rings is 1. The third kappa shape index (κ3) is 1.82. The molecule has 0 aliphatic carbocycles. The van der Waals surface area contributed by atoms with Gasteiger partial charge >= 0.3 is 5.97 Å². The van der Waals surface area contributed by atoms with Crippen LogP contribution < -0.4 is 0 Å². The van der Waals surface area contributed by atoms with E-state index in [1.165, 1.54) is 5.56 Å². The maximum Gasteiger partial charge on any atom is 0.313 e. The summed E-state index contributed by atoms with van der Waals surface area (Å²) >= 11 is 3.33. The fourth-order valence-electron chi connectivity index (χ4n) is 1.62. The van der Waals surface area contributed by atoms with Gasteiger partial charge in [-0.3, -0.25) is 4.79 Å². The highest BCUT2D eigenvalue weighted by Gasteiger charge is 2.41. The number of cyclic esters (lactones) is 1. The predicted octanol–water partition coefficient (Wildman–Crippen LogP) is 2.17. The lowest BCUT2D eigenvalue weighted by molar-refractivity contribution is -0.180. The van der Waals surface area contributed by atoms with Gasteiger partial charge in [0, 0.05) is 5.33 Å². The van der Waals surface area contributed by atoms with E-state index in [1.54, 1.807) is 0 Å². The lowest BCUT2D eigenvalue weighted by Gasteiger charge is -2.33. The molecule has 0 unspecified atom stereocenters. The van der Waals surface area contributed by atoms with E-state index in [2.05, 4.69) is 15.9 Å². The molecule has 74 valence electrons. The summed E-state index contributed by atoms with van der Waals surface area (Å²) in [6.45, 7) is 0. The van der Waals surface area contributed by atoms with Crippen molar-refractivity contribution in [1.29, 1.82) is 0 Å². The molecule has 0 saturated carbocycles. The van der Waals surface area contributed by atoms with Crippen molar-refractivity contribution in [3.05, 3.63) is 35.9 Å². The predicted molar refractivity (Wildman–Crippen MR) is 57.3 cm³/mol. The summed E-state index contributed by atoms with van der Waals surface area (Å²) in [6, 6.07) is 10.0. The van der Waals surface area contributed by atoms with Crippen LogP contribution in [0.5, 0.6) is 0 Å². The smallest absolute Gasteiger partial charge is 0.313 e. The molecule has 2 atom stereocenters. The van der Waals surface area contributed by atoms with Gasteiger partial charge in [0.1, 0.15) is 6.10 Å². The molecule has 1 heterocycles. The van der Waals surface area contributed by atoms with Gasteiger partial charge in [0.25, 0.3) is 0 Å². The second kappa shape index (κ2) is 4.13. The summed E-state index contributed by atoms with van der Waals surface area (Å²) in [4.78, 5) is 11.2. The van der Waals surface area contributed by atoms with E-state index in [1.807, 2.05) is 30.3 Å². The Morgan fingerprint density at radius 2 is 2.00 bits per heavy atom. The highest BCUT2D eigenvalue weighted by atomic mass is 79.9. The normalized spacial score (nSPS) is 25.4. The molecular weight excluding hydrogens is 244 g/mol. The molecule has 2 nitrogen and oxygen atoms in total. The summed E-state index contributed by atoms with van der Waals surface area (Å²) in [6.07, 6.45) is 0.846. The number of halogens is 1. The summed E-state index contributed by atoms with van der Waals surface area (Å²) in [5.74, 6) is -0.0323. The molecule has 0 spiro atoms. The zero-order chi connectivity index (χ0) is 9.97. The highest BCUT2D eigenvalue weighted by molar-refractivity contribution is 9.09. The Labute approximate surface area is 91.4 Å². The summed E-state index contributed by atoms with van der Waals surface area (Å²) in [5.41, 5.74) is 1.19. The van der Waals surface area contributed by atoms with Crippen LogP contribution in [0.25, 0.3) is 0 Å². The van der Waals surface area contributed by atoms with Crippen LogP contribution in [0, 0.1) is 5.92 Å². The number of carbonyl (C=O) groups is 1. The maximum atomic E-state index is 11.2. The van der Waals surface area contributed by atoms with Crippen LogP contribution >= 0.6 is 15.9 Å². The quantitative estimate of drug-likeness (QED) is 0.611. The van der Waals surface area contributed by atoms with Crippen molar-refractivity contribution in [2.24, 2.45) is 5.92 Å². The number of hydrogen-bond donors (Lipinski definition) is 0. The molecule has 0 N–H and O–H groups in total. The first-order chi connectivity index (χ1) is 6.81. The minimum absolute atomic E-state index is 0.0387. The van der Waals surface area contributed by atoms with Gasteiger partial charge in [-0.1, -0.05) is 46.3 Å². The molecule has 0 amide bonds. The van der Waals surface area contributed by atoms with Gasteiger partial charge < -0.3 is 4.74 Å². The highest BCUT2D eigenvalue weighted by Crippen LogP contribution is 2.27. The van der Waals surface area contributed by atoms with Crippen LogP contribution in [-0.4, -0.2) is 17.4 Å². The topological polar surface area (TPSA) is 26.3 Å². The minimum Gasteiger partial charge on any atom is -0.460 e. The van der Waals surface area contributed by atoms with Crippen LogP contribution in [0.1, 0.15) is 5.56 Å². The number of alkyl halides is 1. The molecule has 1 fully saturated rings. The standard InChI is InChI=1S/C11H11BrO2/c12-7-10-9(11(13)14-10)6-8-4-2-1-3-5-8/h1-5,9-10H,6-7H2/t9-,10-/m0/s1. The van der Waals surface area contributed by atoms with Gasteiger partial charge in [-0.25, -0.2) is 0 Å². The largest absolute Gasteiger partial charge is 0.460 e. The zero-order valence-corrected chi connectivity index (χ0v) is 9.24. The van der Waals surface area contributed by atoms with E-state index >= 15 is 0 Å². The molecule has 0 aromatic heterocycles. The van der Waals surface area contributed by atoms with Gasteiger partial charge in [0.15, 0.2) is 0 Å². The fraction of sp³-hybridized carbons (Fsp3) is 0.364. The van der Waals surface area contributed by atoms with Crippen LogP contribution in [0.4, 0.5) is 0 Å². The molecule has 3 heteroatoms. The third-order valence-corrected chi connectivity index (χ3v) is 3.11. The van der Waals surface area contributed by atoms with Crippen molar-refractivity contribution in [1.82, 2.24) is 0 Å². The fourth-order valence-corrected chi connectivity index (χ4v) is 2.20. The van der Waals surface area contributed by atoms with Crippen molar-refractivity contribution in [2.45, 2.75) is 12.5 Å². The van der Waals surface area contributed by atoms with Crippen LogP contribution in [0.15, 0.2) is 30.3 Å². The van der Waals surface area contributed by atoms with Crippen molar-refractivity contribution in [3.8, 4) is 0 Å². The second-order valence-electron chi connectivity index (χ2n) is 3.43. The van der Waals surface area contributed by atoms with E-state index in [4.69, 9.17) is 4.74 Å². The van der Waals surface area contributed by atoms with Gasteiger partial charge in [-0.15, -0.1) is 0 Å². The zero-order valence-electron chi connectivity index (χ0n) is 7.65. The summed E-state index contributed by atoms with van der Waals surface area (Å²) < 4.78 is 4.99. The Morgan fingerprint density at radius 3 is 2.57 bits per heavy atom. The second-order valence-corrected chi connectivity index (χ2v) is 4.07. The average Bonchev–Trinajstić information content (AvgIpc) is 2.24. The summed E-state index contributed by atoms with van der Waals surface area (Å²) in [5, 5.41) is 0.732. The Bertz CT molecular complexity index is 323. The van der Waals surface area contributed by atoms with E-state index in [0.717, 1.165) is 11.8 Å². The Hall–Kier alpha value is -0.830. The van der Waals surface area contributed by atoms with E-state index < -0.39 is 0 Å². The third-order valence-electron chi connectivity index (χ3n) is 2.47. The molecule has 0 bridgehead atoms. The SMILES string of the molecule is O=C1O[C@@H](CBr)[C@@H]1Cc1ccccc1. The monoisotopic (exact) mass is 254 g/mol. The Morgan fingerprint density at radius 1 is 1.29 bits per heavy atom. The number of esters is 1. The van der Waals surface area contributed by atoms with Crippen LogP contribution in [0.2, 0.25) is 0 Å². The molecule has 1 aromatic carbocycles. The van der Waals surface area contributed by atoms with Gasteiger partial charge in [-0.2, -0.15) is 0 Å². The molecule has 2 rings (SSSR count). The van der Waals surface area contributed by atoms with Gasteiger partial charge in [0.2, 0.25) is 0 Å². The van der Waals surface area contributed by atoms with Crippen LogP contribution in [-0.2, 0) is 16.0 Å². The Balaban J connectivity index is 2.01. The van der Waals surface area contributed by atoms with Crippen molar-refractivity contribution in [2.75, 3.05) is 5.33 Å². The lowest BCUT2D eigenvalue weighted by atomic mass is 9.91. The lowest BCUT2D eigenvalue weighted by Crippen LogP contribution is -2.47. The first kappa shape index (κ1) is 9.71. The van der Waals surface area contributed by atoms with Gasteiger partial charge in [-0.05, 0) is 12.0 Å². The van der Waals surface area contributed by atoms with Crippen molar-refractivity contribution >= 4 is 21.9 Å². The van der Waals surface area contributed by atoms with E-state index in [0.29, 0.717) is 0 Å². The number of carbonyl (C=O) groups excluding carboxylic acids is 1. The molecule has 1 aromatic rings. The molecule has 1 aliphatic heterocycles. The number of ether oxygens (including phenoxy) is 1. The molecule has 0 radical (unpaired) electrons. The number of rotatable bonds is 3. The molecule has 14 heavy (non-hydrogen) atoms. The van der Waals surface area contributed by atoms with E-state index in [9.17, 15) is 4.79 Å². The maximum absolute atomic E-state index is 11.2. The summed E-state index contributed by atoms with van der Waals surface area (Å²) in [7, 11) is 0. The molecule has 1 saturated heterocycles. The average molecular weight is 255 g/mol. The van der Waals surface area contributed by atoms with Crippen molar-refractivity contribution in [3.63, 3.8) is 0 Å². The number of hydrogen-bond acceptors (Lipinski definition) is 2. The molecular formula is C11H11BrO2. The van der Waals surface area contributed by atoms with E-state index in [-0.39, 0.29) is 18.0 Å². The first-order valence-electron chi connectivity index (χ1n) is 4.61. The minimum atomic E-state index is -0.0710. The Kier molecular flexibility index (Phi) is 2.87. The van der Waals surface area contributed by atoms with Crippen LogP contribution in [0.3, 0.4) is 0 Å². The first-order valence-corrected chi connectivity index (χ1v) is 5.74.